The van der Waals surface area contributed by atoms with Gasteiger partial charge in [0.1, 0.15) is 6.10 Å². The lowest BCUT2D eigenvalue weighted by Crippen LogP contribution is -2.33. The molecule has 3 rings (SSSR count). The summed E-state index contributed by atoms with van der Waals surface area (Å²) in [7, 11) is 0. The van der Waals surface area contributed by atoms with Crippen LogP contribution in [0.5, 0.6) is 0 Å². The predicted molar refractivity (Wildman–Crippen MR) is 89.5 cm³/mol. The number of pyridine rings is 1. The molecule has 6 nitrogen and oxygen atoms in total. The van der Waals surface area contributed by atoms with Crippen LogP contribution in [0.1, 0.15) is 28.8 Å². The van der Waals surface area contributed by atoms with E-state index in [1.165, 1.54) is 6.20 Å². The Bertz CT molecular complexity index is 712. The highest BCUT2D eigenvalue weighted by Gasteiger charge is 2.23. The molecule has 1 aliphatic heterocycles. The molecule has 2 amide bonds. The topological polar surface area (TPSA) is 80.3 Å². The summed E-state index contributed by atoms with van der Waals surface area (Å²) in [6, 6.07) is 10.8. The number of anilines is 1. The average molecular weight is 325 g/mol. The largest absolute Gasteiger partial charge is 0.368 e. The number of aromatic nitrogens is 1. The first kappa shape index (κ1) is 16.1. The second kappa shape index (κ2) is 7.70. The van der Waals surface area contributed by atoms with Crippen molar-refractivity contribution in [3.8, 4) is 0 Å². The van der Waals surface area contributed by atoms with Crippen LogP contribution in [0.25, 0.3) is 0 Å². The van der Waals surface area contributed by atoms with Gasteiger partial charge < -0.3 is 15.4 Å². The number of benzene rings is 1. The molecule has 1 aromatic heterocycles. The number of hydrogen-bond acceptors (Lipinski definition) is 4. The number of nitrogens with one attached hydrogen (secondary N) is 2. The summed E-state index contributed by atoms with van der Waals surface area (Å²) in [5.74, 6) is -0.345. The zero-order valence-electron chi connectivity index (χ0n) is 13.2. The third-order valence-electron chi connectivity index (χ3n) is 3.86. The van der Waals surface area contributed by atoms with Gasteiger partial charge in [0.15, 0.2) is 0 Å². The highest BCUT2D eigenvalue weighted by atomic mass is 16.5. The molecule has 124 valence electrons. The summed E-state index contributed by atoms with van der Waals surface area (Å²) >= 11 is 0. The first-order chi connectivity index (χ1) is 11.7. The molecule has 0 bridgehead atoms. The lowest BCUT2D eigenvalue weighted by atomic mass is 10.1. The predicted octanol–water partition coefficient (Wildman–Crippen LogP) is 2.13. The Labute approximate surface area is 140 Å². The van der Waals surface area contributed by atoms with Crippen LogP contribution < -0.4 is 10.6 Å². The van der Waals surface area contributed by atoms with E-state index in [1.54, 1.807) is 18.3 Å². The molecular formula is C18H19N3O3. The van der Waals surface area contributed by atoms with Crippen LogP contribution in [0.2, 0.25) is 0 Å². The molecule has 1 fully saturated rings. The molecular weight excluding hydrogens is 306 g/mol. The van der Waals surface area contributed by atoms with Crippen molar-refractivity contribution in [3.05, 3.63) is 59.9 Å². The molecule has 1 atom stereocenters. The van der Waals surface area contributed by atoms with Crippen LogP contribution in [-0.4, -0.2) is 29.5 Å². The van der Waals surface area contributed by atoms with Crippen LogP contribution in [0, 0.1) is 0 Å². The third kappa shape index (κ3) is 3.97. The van der Waals surface area contributed by atoms with Gasteiger partial charge in [0.2, 0.25) is 5.91 Å². The summed E-state index contributed by atoms with van der Waals surface area (Å²) in [4.78, 5) is 28.2. The minimum Gasteiger partial charge on any atom is -0.368 e. The molecule has 0 aliphatic carbocycles. The van der Waals surface area contributed by atoms with Gasteiger partial charge in [0.05, 0.1) is 5.56 Å². The number of amides is 2. The van der Waals surface area contributed by atoms with Gasteiger partial charge in [-0.3, -0.25) is 14.6 Å². The standard InChI is InChI=1S/C18H19N3O3/c22-17(14-6-3-9-19-11-14)21-15-7-2-1-5-13(15)12-20-18(23)16-8-4-10-24-16/h1-3,5-7,9,11,16H,4,8,10,12H2,(H,20,23)(H,21,22). The highest BCUT2D eigenvalue weighted by molar-refractivity contribution is 6.04. The number of hydrogen-bond donors (Lipinski definition) is 2. The lowest BCUT2D eigenvalue weighted by molar-refractivity contribution is -0.130. The number of para-hydroxylation sites is 1. The maximum Gasteiger partial charge on any atom is 0.257 e. The number of carbonyl (C=O) groups is 2. The van der Waals surface area contributed by atoms with Gasteiger partial charge in [0, 0.05) is 31.2 Å². The summed E-state index contributed by atoms with van der Waals surface area (Å²) in [6.45, 7) is 0.970. The van der Waals surface area contributed by atoms with Gasteiger partial charge in [-0.1, -0.05) is 18.2 Å². The van der Waals surface area contributed by atoms with Crippen molar-refractivity contribution in [1.82, 2.24) is 10.3 Å². The van der Waals surface area contributed by atoms with E-state index in [4.69, 9.17) is 4.74 Å². The van der Waals surface area contributed by atoms with Gasteiger partial charge in [-0.2, -0.15) is 0 Å². The Kier molecular flexibility index (Phi) is 5.18. The molecule has 1 unspecified atom stereocenters. The average Bonchev–Trinajstić information content (AvgIpc) is 3.16. The zero-order valence-corrected chi connectivity index (χ0v) is 13.2. The Balaban J connectivity index is 1.64. The van der Waals surface area contributed by atoms with Crippen molar-refractivity contribution in [3.63, 3.8) is 0 Å². The molecule has 0 saturated carbocycles. The van der Waals surface area contributed by atoms with Crippen LogP contribution in [-0.2, 0) is 16.1 Å². The summed E-state index contributed by atoms with van der Waals surface area (Å²) < 4.78 is 5.37. The number of rotatable bonds is 5. The summed E-state index contributed by atoms with van der Waals surface area (Å²) in [6.07, 6.45) is 4.44. The van der Waals surface area contributed by atoms with Gasteiger partial charge in [0.25, 0.3) is 5.91 Å². The number of carbonyl (C=O) groups excluding carboxylic acids is 2. The quantitative estimate of drug-likeness (QED) is 0.882. The summed E-state index contributed by atoms with van der Waals surface area (Å²) in [5, 5.41) is 5.73. The second-order valence-corrected chi connectivity index (χ2v) is 5.57. The van der Waals surface area contributed by atoms with Crippen molar-refractivity contribution in [2.24, 2.45) is 0 Å². The molecule has 1 aromatic carbocycles. The first-order valence-electron chi connectivity index (χ1n) is 7.92. The third-order valence-corrected chi connectivity index (χ3v) is 3.86. The Morgan fingerprint density at radius 3 is 2.83 bits per heavy atom. The highest BCUT2D eigenvalue weighted by Crippen LogP contribution is 2.17. The second-order valence-electron chi connectivity index (χ2n) is 5.57. The van der Waals surface area contributed by atoms with Gasteiger partial charge >= 0.3 is 0 Å². The van der Waals surface area contributed by atoms with Gasteiger partial charge in [-0.15, -0.1) is 0 Å². The van der Waals surface area contributed by atoms with Crippen molar-refractivity contribution in [2.45, 2.75) is 25.5 Å². The normalized spacial score (nSPS) is 16.6. The number of ether oxygens (including phenoxy) is 1. The van der Waals surface area contributed by atoms with E-state index in [-0.39, 0.29) is 17.9 Å². The minimum atomic E-state index is -0.359. The molecule has 24 heavy (non-hydrogen) atoms. The minimum absolute atomic E-state index is 0.110. The van der Waals surface area contributed by atoms with E-state index >= 15 is 0 Å². The fraction of sp³-hybridized carbons (Fsp3) is 0.278. The zero-order chi connectivity index (χ0) is 16.8. The van der Waals surface area contributed by atoms with Crippen molar-refractivity contribution in [2.75, 3.05) is 11.9 Å². The van der Waals surface area contributed by atoms with Crippen LogP contribution in [0.3, 0.4) is 0 Å². The van der Waals surface area contributed by atoms with E-state index in [0.717, 1.165) is 18.4 Å². The lowest BCUT2D eigenvalue weighted by Gasteiger charge is -2.14. The maximum atomic E-state index is 12.3. The van der Waals surface area contributed by atoms with Crippen LogP contribution in [0.4, 0.5) is 5.69 Å². The summed E-state index contributed by atoms with van der Waals surface area (Å²) in [5.41, 5.74) is 1.98. The number of nitrogens with zero attached hydrogens (tertiary/aromatic N) is 1. The molecule has 2 aromatic rings. The van der Waals surface area contributed by atoms with Gasteiger partial charge in [-0.25, -0.2) is 0 Å². The molecule has 6 heteroatoms. The molecule has 2 N–H and O–H groups in total. The fourth-order valence-corrected chi connectivity index (χ4v) is 2.57. The van der Waals surface area contributed by atoms with Gasteiger partial charge in [-0.05, 0) is 36.6 Å². The Morgan fingerprint density at radius 2 is 2.08 bits per heavy atom. The molecule has 1 aliphatic rings. The molecule has 2 heterocycles. The Hall–Kier alpha value is -2.73. The molecule has 0 radical (unpaired) electrons. The molecule has 1 saturated heterocycles. The van der Waals surface area contributed by atoms with E-state index in [2.05, 4.69) is 15.6 Å². The van der Waals surface area contributed by atoms with E-state index in [1.807, 2.05) is 24.3 Å². The van der Waals surface area contributed by atoms with Crippen LogP contribution >= 0.6 is 0 Å². The van der Waals surface area contributed by atoms with Crippen molar-refractivity contribution < 1.29 is 14.3 Å². The maximum absolute atomic E-state index is 12.3. The smallest absolute Gasteiger partial charge is 0.257 e. The Morgan fingerprint density at radius 1 is 1.21 bits per heavy atom. The van der Waals surface area contributed by atoms with Crippen LogP contribution in [0.15, 0.2) is 48.8 Å². The molecule has 0 spiro atoms. The van der Waals surface area contributed by atoms with E-state index in [9.17, 15) is 9.59 Å². The van der Waals surface area contributed by atoms with E-state index in [0.29, 0.717) is 24.4 Å². The van der Waals surface area contributed by atoms with Crippen molar-refractivity contribution >= 4 is 17.5 Å². The van der Waals surface area contributed by atoms with E-state index < -0.39 is 0 Å². The monoisotopic (exact) mass is 325 g/mol. The fourth-order valence-electron chi connectivity index (χ4n) is 2.57. The van der Waals surface area contributed by atoms with Crippen molar-refractivity contribution in [1.29, 1.82) is 0 Å². The first-order valence-corrected chi connectivity index (χ1v) is 7.92. The SMILES string of the molecule is O=C(Nc1ccccc1CNC(=O)C1CCCO1)c1cccnc1.